The highest BCUT2D eigenvalue weighted by Gasteiger charge is 2.28. The van der Waals surface area contributed by atoms with Crippen LogP contribution in [0.15, 0.2) is 79.0 Å². The van der Waals surface area contributed by atoms with E-state index in [1.807, 2.05) is 86.0 Å². The third-order valence-corrected chi connectivity index (χ3v) is 5.61. The number of nitrogens with zero attached hydrogens (tertiary/aromatic N) is 2. The number of aromatic nitrogens is 2. The summed E-state index contributed by atoms with van der Waals surface area (Å²) in [7, 11) is 3.56. The number of fused-ring (bicyclic) bond motifs is 3. The molecule has 0 atom stereocenters. The molecular formula is C27H22N2O3. The molecule has 4 aromatic rings. The van der Waals surface area contributed by atoms with Crippen LogP contribution in [0.3, 0.4) is 0 Å². The van der Waals surface area contributed by atoms with E-state index in [1.165, 1.54) is 0 Å². The zero-order chi connectivity index (χ0) is 22.2. The molecule has 1 aromatic heterocycles. The topological polar surface area (TPSA) is 53.4 Å². The van der Waals surface area contributed by atoms with Gasteiger partial charge in [-0.2, -0.15) is 5.10 Å². The number of para-hydroxylation sites is 1. The summed E-state index contributed by atoms with van der Waals surface area (Å²) in [5.74, 6) is 2.31. The lowest BCUT2D eigenvalue weighted by atomic mass is 9.91. The molecule has 5 heteroatoms. The van der Waals surface area contributed by atoms with Crippen molar-refractivity contribution in [3.05, 3.63) is 101 Å². The Balaban J connectivity index is 1.78. The summed E-state index contributed by atoms with van der Waals surface area (Å²) in [5.41, 5.74) is 6.29. The van der Waals surface area contributed by atoms with Crippen LogP contribution in [0.4, 0.5) is 0 Å². The number of rotatable bonds is 4. The third kappa shape index (κ3) is 3.38. The summed E-state index contributed by atoms with van der Waals surface area (Å²) < 4.78 is 13.7. The second-order valence-corrected chi connectivity index (χ2v) is 7.73. The fourth-order valence-corrected chi connectivity index (χ4v) is 4.01. The molecule has 1 aliphatic heterocycles. The number of hydrogen-bond acceptors (Lipinski definition) is 4. The first-order valence-corrected chi connectivity index (χ1v) is 10.4. The van der Waals surface area contributed by atoms with Crippen LogP contribution in [0, 0.1) is 0 Å². The standard InChI is InChI=1S/C27H22N2O3/c1-17(30)18-8-10-19(11-9-18)25(20-12-14-21(31-3)15-13-20)27-23-16-29(2)28-26(23)22-6-4-5-7-24(22)32-27/h4-16H,1-3H3/b27-25-. The predicted molar refractivity (Wildman–Crippen MR) is 125 cm³/mol. The summed E-state index contributed by atoms with van der Waals surface area (Å²) in [6.45, 7) is 1.57. The molecule has 0 unspecified atom stereocenters. The van der Waals surface area contributed by atoms with Crippen molar-refractivity contribution in [3.8, 4) is 22.8 Å². The van der Waals surface area contributed by atoms with Gasteiger partial charge in [0, 0.05) is 29.9 Å². The van der Waals surface area contributed by atoms with Crippen molar-refractivity contribution >= 4 is 17.1 Å². The molecule has 0 bridgehead atoms. The van der Waals surface area contributed by atoms with Crippen molar-refractivity contribution < 1.29 is 14.3 Å². The molecule has 0 amide bonds. The monoisotopic (exact) mass is 422 g/mol. The van der Waals surface area contributed by atoms with Gasteiger partial charge in [-0.25, -0.2) is 0 Å². The van der Waals surface area contributed by atoms with E-state index in [9.17, 15) is 4.79 Å². The van der Waals surface area contributed by atoms with Crippen LogP contribution >= 0.6 is 0 Å². The number of carbonyl (C=O) groups is 1. The average molecular weight is 422 g/mol. The zero-order valence-corrected chi connectivity index (χ0v) is 18.1. The van der Waals surface area contributed by atoms with E-state index in [-0.39, 0.29) is 5.78 Å². The van der Waals surface area contributed by atoms with Gasteiger partial charge in [0.15, 0.2) is 5.78 Å². The molecule has 0 saturated carbocycles. The molecule has 5 rings (SSSR count). The van der Waals surface area contributed by atoms with Crippen molar-refractivity contribution in [3.63, 3.8) is 0 Å². The van der Waals surface area contributed by atoms with Gasteiger partial charge in [0.25, 0.3) is 0 Å². The number of ketones is 1. The molecule has 3 aromatic carbocycles. The molecule has 0 aliphatic carbocycles. The van der Waals surface area contributed by atoms with E-state index in [2.05, 4.69) is 0 Å². The Morgan fingerprint density at radius 2 is 1.50 bits per heavy atom. The molecule has 158 valence electrons. The number of benzene rings is 3. The van der Waals surface area contributed by atoms with Crippen molar-refractivity contribution in [2.75, 3.05) is 7.11 Å². The first-order valence-electron chi connectivity index (χ1n) is 10.4. The second kappa shape index (κ2) is 7.85. The van der Waals surface area contributed by atoms with Crippen LogP contribution < -0.4 is 9.47 Å². The SMILES string of the molecule is COc1ccc(/C(=C2\Oc3ccccc3-c3nn(C)cc32)c2ccc(C(C)=O)cc2)cc1. The van der Waals surface area contributed by atoms with E-state index in [0.717, 1.165) is 50.8 Å². The first kappa shape index (κ1) is 19.8. The predicted octanol–water partition coefficient (Wildman–Crippen LogP) is 5.61. The molecule has 32 heavy (non-hydrogen) atoms. The molecule has 0 radical (unpaired) electrons. The Morgan fingerprint density at radius 1 is 0.875 bits per heavy atom. The van der Waals surface area contributed by atoms with Gasteiger partial charge in [-0.1, -0.05) is 48.5 Å². The fraction of sp³-hybridized carbons (Fsp3) is 0.111. The van der Waals surface area contributed by atoms with Gasteiger partial charge in [0.2, 0.25) is 0 Å². The maximum Gasteiger partial charge on any atom is 0.159 e. The maximum atomic E-state index is 11.8. The zero-order valence-electron chi connectivity index (χ0n) is 18.1. The van der Waals surface area contributed by atoms with Crippen LogP contribution in [-0.4, -0.2) is 22.7 Å². The smallest absolute Gasteiger partial charge is 0.159 e. The van der Waals surface area contributed by atoms with Gasteiger partial charge >= 0.3 is 0 Å². The van der Waals surface area contributed by atoms with Crippen molar-refractivity contribution in [2.45, 2.75) is 6.92 Å². The minimum absolute atomic E-state index is 0.0348. The number of hydrogen-bond donors (Lipinski definition) is 0. The lowest BCUT2D eigenvalue weighted by Gasteiger charge is -2.23. The minimum Gasteiger partial charge on any atom is -0.497 e. The largest absolute Gasteiger partial charge is 0.497 e. The van der Waals surface area contributed by atoms with Crippen LogP contribution in [-0.2, 0) is 7.05 Å². The van der Waals surface area contributed by atoms with Crippen molar-refractivity contribution in [1.82, 2.24) is 9.78 Å². The lowest BCUT2D eigenvalue weighted by Crippen LogP contribution is -2.07. The summed E-state index contributed by atoms with van der Waals surface area (Å²) in [4.78, 5) is 11.8. The molecule has 0 fully saturated rings. The van der Waals surface area contributed by atoms with Gasteiger partial charge in [-0.05, 0) is 42.3 Å². The normalized spacial score (nSPS) is 13.6. The summed E-state index contributed by atoms with van der Waals surface area (Å²) in [5, 5.41) is 4.72. The van der Waals surface area contributed by atoms with Gasteiger partial charge in [0.05, 0.1) is 12.7 Å². The minimum atomic E-state index is 0.0348. The highest BCUT2D eigenvalue weighted by atomic mass is 16.5. The molecule has 2 heterocycles. The Kier molecular flexibility index (Phi) is 4.86. The van der Waals surface area contributed by atoms with Crippen LogP contribution in [0.2, 0.25) is 0 Å². The van der Waals surface area contributed by atoms with Crippen molar-refractivity contribution in [2.24, 2.45) is 7.05 Å². The number of ether oxygens (including phenoxy) is 2. The van der Waals surface area contributed by atoms with E-state index in [0.29, 0.717) is 5.56 Å². The van der Waals surface area contributed by atoms with Crippen molar-refractivity contribution in [1.29, 1.82) is 0 Å². The Labute approximate surface area is 186 Å². The van der Waals surface area contributed by atoms with E-state index >= 15 is 0 Å². The Bertz CT molecular complexity index is 1350. The second-order valence-electron chi connectivity index (χ2n) is 7.73. The number of carbonyl (C=O) groups excluding carboxylic acids is 1. The van der Waals surface area contributed by atoms with E-state index in [1.54, 1.807) is 18.7 Å². The molecule has 1 aliphatic rings. The third-order valence-electron chi connectivity index (χ3n) is 5.61. The Morgan fingerprint density at radius 3 is 2.16 bits per heavy atom. The van der Waals surface area contributed by atoms with Crippen LogP contribution in [0.1, 0.15) is 34.0 Å². The van der Waals surface area contributed by atoms with Gasteiger partial charge < -0.3 is 9.47 Å². The molecule has 0 saturated heterocycles. The number of Topliss-reactive ketones (excluding diaryl/α,β-unsaturated/α-hetero) is 1. The molecule has 0 spiro atoms. The summed E-state index contributed by atoms with van der Waals surface area (Å²) >= 11 is 0. The fourth-order valence-electron chi connectivity index (χ4n) is 4.01. The van der Waals surface area contributed by atoms with Gasteiger partial charge in [-0.3, -0.25) is 9.48 Å². The van der Waals surface area contributed by atoms with Gasteiger partial charge in [-0.15, -0.1) is 0 Å². The van der Waals surface area contributed by atoms with Gasteiger partial charge in [0.1, 0.15) is 23.0 Å². The highest BCUT2D eigenvalue weighted by molar-refractivity contribution is 6.02. The van der Waals surface area contributed by atoms with Crippen LogP contribution in [0.5, 0.6) is 11.5 Å². The number of methoxy groups -OCH3 is 1. The quantitative estimate of drug-likeness (QED) is 0.401. The molecule has 0 N–H and O–H groups in total. The summed E-state index contributed by atoms with van der Waals surface area (Å²) in [6, 6.07) is 23.4. The van der Waals surface area contributed by atoms with E-state index in [4.69, 9.17) is 14.6 Å². The highest BCUT2D eigenvalue weighted by Crippen LogP contribution is 2.45. The van der Waals surface area contributed by atoms with E-state index < -0.39 is 0 Å². The maximum absolute atomic E-state index is 11.8. The average Bonchev–Trinajstić information content (AvgIpc) is 3.22. The summed E-state index contributed by atoms with van der Waals surface area (Å²) in [6.07, 6.45) is 1.98. The Hall–Kier alpha value is -4.12. The number of aryl methyl sites for hydroxylation is 1. The molecular weight excluding hydrogens is 400 g/mol. The lowest BCUT2D eigenvalue weighted by molar-refractivity contribution is 0.101. The first-order chi connectivity index (χ1) is 15.5. The van der Waals surface area contributed by atoms with Crippen LogP contribution in [0.25, 0.3) is 22.6 Å². The molecule has 5 nitrogen and oxygen atoms in total.